The molecule has 8 heteroatoms. The maximum Gasteiger partial charge on any atom is 0.313 e. The first-order chi connectivity index (χ1) is 18.0. The first kappa shape index (κ1) is 27.8. The lowest BCUT2D eigenvalue weighted by molar-refractivity contribution is -0.161. The molecule has 1 unspecified atom stereocenters. The van der Waals surface area contributed by atoms with Crippen molar-refractivity contribution in [3.05, 3.63) is 24.3 Å². The van der Waals surface area contributed by atoms with E-state index in [2.05, 4.69) is 13.0 Å². The summed E-state index contributed by atoms with van der Waals surface area (Å²) in [5.41, 5.74) is -2.22. The zero-order chi connectivity index (χ0) is 26.5. The van der Waals surface area contributed by atoms with E-state index in [0.29, 0.717) is 45.5 Å². The number of hydrogen-bond acceptors (Lipinski definition) is 6. The van der Waals surface area contributed by atoms with Crippen molar-refractivity contribution >= 4 is 17.8 Å². The molecule has 1 N–H and O–H groups in total. The summed E-state index contributed by atoms with van der Waals surface area (Å²) >= 11 is 0. The summed E-state index contributed by atoms with van der Waals surface area (Å²) in [6, 6.07) is -0.818. The lowest BCUT2D eigenvalue weighted by Gasteiger charge is -2.38. The Labute approximate surface area is 221 Å². The van der Waals surface area contributed by atoms with Gasteiger partial charge in [0.2, 0.25) is 11.8 Å². The molecule has 0 aromatic carbocycles. The fourth-order valence-corrected chi connectivity index (χ4v) is 6.65. The number of esters is 1. The van der Waals surface area contributed by atoms with Gasteiger partial charge < -0.3 is 24.4 Å². The Hall–Kier alpha value is -2.19. The first-order valence-electron chi connectivity index (χ1n) is 14.4. The Balaban J connectivity index is 1.77. The molecule has 4 aliphatic rings. The maximum absolute atomic E-state index is 14.2. The predicted octanol–water partition coefficient (Wildman–Crippen LogP) is 3.38. The second kappa shape index (κ2) is 12.1. The van der Waals surface area contributed by atoms with E-state index in [9.17, 15) is 19.5 Å². The van der Waals surface area contributed by atoms with Gasteiger partial charge in [0.15, 0.2) is 0 Å². The Bertz CT molecular complexity index is 903. The van der Waals surface area contributed by atoms with Gasteiger partial charge in [-0.3, -0.25) is 14.4 Å². The minimum atomic E-state index is -1.22. The van der Waals surface area contributed by atoms with Crippen LogP contribution in [0.4, 0.5) is 0 Å². The zero-order valence-electron chi connectivity index (χ0n) is 22.5. The van der Waals surface area contributed by atoms with Gasteiger partial charge in [0.25, 0.3) is 0 Å². The van der Waals surface area contributed by atoms with E-state index < -0.39 is 35.0 Å². The van der Waals surface area contributed by atoms with E-state index in [0.717, 1.165) is 44.9 Å². The summed E-state index contributed by atoms with van der Waals surface area (Å²) in [5, 5.41) is 9.22. The van der Waals surface area contributed by atoms with Crippen LogP contribution in [-0.4, -0.2) is 82.8 Å². The van der Waals surface area contributed by atoms with Gasteiger partial charge in [0.05, 0.1) is 12.5 Å². The van der Waals surface area contributed by atoms with E-state index in [1.165, 1.54) is 0 Å². The third-order valence-electron chi connectivity index (χ3n) is 8.56. The number of hydrogen-bond donors (Lipinski definition) is 1. The predicted molar refractivity (Wildman–Crippen MR) is 139 cm³/mol. The Morgan fingerprint density at radius 2 is 1.76 bits per heavy atom. The highest BCUT2D eigenvalue weighted by Gasteiger charge is 2.75. The van der Waals surface area contributed by atoms with Crippen molar-refractivity contribution in [2.75, 3.05) is 32.8 Å². The van der Waals surface area contributed by atoms with Crippen LogP contribution in [0.25, 0.3) is 0 Å². The average Bonchev–Trinajstić information content (AvgIpc) is 3.25. The fourth-order valence-electron chi connectivity index (χ4n) is 6.65. The molecule has 2 saturated heterocycles. The van der Waals surface area contributed by atoms with Gasteiger partial charge in [-0.25, -0.2) is 0 Å². The van der Waals surface area contributed by atoms with E-state index in [-0.39, 0.29) is 18.4 Å². The highest BCUT2D eigenvalue weighted by atomic mass is 16.6. The summed E-state index contributed by atoms with van der Waals surface area (Å²) in [6.45, 7) is 6.01. The summed E-state index contributed by atoms with van der Waals surface area (Å²) in [7, 11) is 0. The Morgan fingerprint density at radius 1 is 0.946 bits per heavy atom. The molecule has 4 rings (SSSR count). The third-order valence-corrected chi connectivity index (χ3v) is 8.56. The van der Waals surface area contributed by atoms with Crippen molar-refractivity contribution in [2.24, 2.45) is 11.8 Å². The van der Waals surface area contributed by atoms with Crippen LogP contribution in [0.2, 0.25) is 0 Å². The molecule has 206 valence electrons. The van der Waals surface area contributed by atoms with Crippen molar-refractivity contribution in [1.29, 1.82) is 0 Å². The number of cyclic esters (lactones) is 1. The number of unbranched alkanes of at least 4 members (excludes halogenated alkanes) is 4. The van der Waals surface area contributed by atoms with Gasteiger partial charge in [-0.05, 0) is 51.4 Å². The number of nitrogens with zero attached hydrogens (tertiary/aromatic N) is 2. The van der Waals surface area contributed by atoms with Crippen LogP contribution in [0.5, 0.6) is 0 Å². The van der Waals surface area contributed by atoms with E-state index >= 15 is 0 Å². The molecule has 8 nitrogen and oxygen atoms in total. The van der Waals surface area contributed by atoms with Crippen molar-refractivity contribution in [2.45, 2.75) is 95.3 Å². The number of allylic oxidation sites excluding steroid dienone is 1. The van der Waals surface area contributed by atoms with Gasteiger partial charge in [-0.1, -0.05) is 51.0 Å². The molecule has 2 amide bonds. The molecule has 37 heavy (non-hydrogen) atoms. The third kappa shape index (κ3) is 5.11. The van der Waals surface area contributed by atoms with E-state index in [1.807, 2.05) is 30.1 Å². The number of carbonyl (C=O) groups is 3. The van der Waals surface area contributed by atoms with Crippen LogP contribution in [0, 0.1) is 11.8 Å². The highest BCUT2D eigenvalue weighted by Crippen LogP contribution is 2.58. The number of likely N-dealkylation sites (tertiary alicyclic amines) is 1. The second-order valence-electron chi connectivity index (χ2n) is 10.9. The van der Waals surface area contributed by atoms with Crippen molar-refractivity contribution in [3.63, 3.8) is 0 Å². The molecule has 0 aromatic rings. The van der Waals surface area contributed by atoms with E-state index in [4.69, 9.17) is 9.47 Å². The minimum Gasteiger partial charge on any atom is -0.465 e. The number of aliphatic hydroxyl groups is 1. The maximum atomic E-state index is 14.2. The normalized spacial score (nSPS) is 34.6. The number of rotatable bonds is 10. The molecule has 2 fully saturated rings. The Kier molecular flexibility index (Phi) is 9.11. The van der Waals surface area contributed by atoms with Gasteiger partial charge in [0.1, 0.15) is 23.2 Å². The first-order valence-corrected chi connectivity index (χ1v) is 14.4. The standard InChI is InChI=1S/C29H44N2O6/c1-3-5-10-17-30-18-14-16-29-22(25(33)31(24(29)26(30)34)19-11-8-12-20-32)23-27(35)36-21-13-7-6-9-15-28(23,4-2)37-29/h9,14-16,22-24,32H,3-8,10-13,17-21H2,1-2H3/b15-9-/t22-,23+,24?,28-,29-/m0/s1. The SMILES string of the molecule is CCCCCN1CC=C[C@]23O[C@@]4(CC)/C=C\CCCCOC(=O)[C@H]4[C@H]2C(=O)N(CCCCCO)C3C1=O. The van der Waals surface area contributed by atoms with Crippen LogP contribution in [-0.2, 0) is 23.9 Å². The molecular weight excluding hydrogens is 472 g/mol. The number of carbonyl (C=O) groups excluding carboxylic acids is 3. The molecular formula is C29H44N2O6. The lowest BCUT2D eigenvalue weighted by Crippen LogP contribution is -2.56. The van der Waals surface area contributed by atoms with Crippen LogP contribution in [0.3, 0.4) is 0 Å². The molecule has 1 spiro atoms. The number of amides is 2. The van der Waals surface area contributed by atoms with Gasteiger partial charge in [-0.2, -0.15) is 0 Å². The molecule has 0 bridgehead atoms. The number of fused-ring (bicyclic) bond motifs is 2. The zero-order valence-corrected chi connectivity index (χ0v) is 22.5. The van der Waals surface area contributed by atoms with Crippen molar-refractivity contribution < 1.29 is 29.0 Å². The average molecular weight is 517 g/mol. The lowest BCUT2D eigenvalue weighted by atomic mass is 9.73. The number of ether oxygens (including phenoxy) is 2. The van der Waals surface area contributed by atoms with Crippen molar-refractivity contribution in [1.82, 2.24) is 9.80 Å². The molecule has 5 atom stereocenters. The van der Waals surface area contributed by atoms with Gasteiger partial charge in [0, 0.05) is 26.2 Å². The quantitative estimate of drug-likeness (QED) is 0.272. The smallest absolute Gasteiger partial charge is 0.313 e. The van der Waals surface area contributed by atoms with Crippen molar-refractivity contribution in [3.8, 4) is 0 Å². The molecule has 4 heterocycles. The molecule has 0 aromatic heterocycles. The number of aliphatic hydroxyl groups excluding tert-OH is 1. The Morgan fingerprint density at radius 3 is 2.51 bits per heavy atom. The van der Waals surface area contributed by atoms with Crippen LogP contribution >= 0.6 is 0 Å². The largest absolute Gasteiger partial charge is 0.465 e. The van der Waals surface area contributed by atoms with Gasteiger partial charge in [-0.15, -0.1) is 0 Å². The topological polar surface area (TPSA) is 96.4 Å². The summed E-state index contributed by atoms with van der Waals surface area (Å²) in [6.07, 6.45) is 16.0. The van der Waals surface area contributed by atoms with Crippen LogP contribution < -0.4 is 0 Å². The van der Waals surface area contributed by atoms with Crippen LogP contribution in [0.1, 0.15) is 78.1 Å². The molecule has 4 aliphatic heterocycles. The summed E-state index contributed by atoms with van der Waals surface area (Å²) in [5.74, 6) is -2.35. The summed E-state index contributed by atoms with van der Waals surface area (Å²) < 4.78 is 12.7. The van der Waals surface area contributed by atoms with Gasteiger partial charge >= 0.3 is 5.97 Å². The molecule has 0 aliphatic carbocycles. The monoisotopic (exact) mass is 516 g/mol. The van der Waals surface area contributed by atoms with Crippen LogP contribution in [0.15, 0.2) is 24.3 Å². The minimum absolute atomic E-state index is 0.0964. The molecule has 0 saturated carbocycles. The fraction of sp³-hybridized carbons (Fsp3) is 0.759. The second-order valence-corrected chi connectivity index (χ2v) is 10.9. The van der Waals surface area contributed by atoms with E-state index in [1.54, 1.807) is 4.90 Å². The highest BCUT2D eigenvalue weighted by molar-refractivity contribution is 5.99. The molecule has 0 radical (unpaired) electrons. The summed E-state index contributed by atoms with van der Waals surface area (Å²) in [4.78, 5) is 45.5.